The third-order valence-corrected chi connectivity index (χ3v) is 3.55. The van der Waals surface area contributed by atoms with Crippen LogP contribution in [0.25, 0.3) is 0 Å². The standard InChI is InChI=1S/C16H18BrNO/c17-15-8-6-13(7-9-15)10-11-18-12-16(19)14-4-2-1-3-5-14/h1-9,16,18-19H,10-12H2. The first kappa shape index (κ1) is 14.3. The Kier molecular flexibility index (Phi) is 5.58. The highest BCUT2D eigenvalue weighted by Crippen LogP contribution is 2.12. The topological polar surface area (TPSA) is 32.3 Å². The molecule has 3 heteroatoms. The van der Waals surface area contributed by atoms with Crippen molar-refractivity contribution >= 4 is 15.9 Å². The fraction of sp³-hybridized carbons (Fsp3) is 0.250. The highest BCUT2D eigenvalue weighted by molar-refractivity contribution is 9.10. The highest BCUT2D eigenvalue weighted by Gasteiger charge is 2.05. The molecule has 0 heterocycles. The third kappa shape index (κ3) is 4.78. The van der Waals surface area contributed by atoms with Gasteiger partial charge in [-0.3, -0.25) is 0 Å². The Hall–Kier alpha value is -1.16. The van der Waals surface area contributed by atoms with Crippen molar-refractivity contribution in [3.63, 3.8) is 0 Å². The summed E-state index contributed by atoms with van der Waals surface area (Å²) in [4.78, 5) is 0. The molecular formula is C16H18BrNO. The lowest BCUT2D eigenvalue weighted by molar-refractivity contribution is 0.175. The van der Waals surface area contributed by atoms with Gasteiger partial charge >= 0.3 is 0 Å². The minimum absolute atomic E-state index is 0.439. The number of rotatable bonds is 6. The SMILES string of the molecule is OC(CNCCc1ccc(Br)cc1)c1ccccc1. The molecule has 0 fully saturated rings. The zero-order valence-corrected chi connectivity index (χ0v) is 12.3. The molecule has 0 aliphatic heterocycles. The second-order valence-corrected chi connectivity index (χ2v) is 5.42. The first-order chi connectivity index (χ1) is 9.25. The van der Waals surface area contributed by atoms with Crippen LogP contribution in [0.1, 0.15) is 17.2 Å². The first-order valence-corrected chi connectivity index (χ1v) is 7.23. The molecule has 0 saturated carbocycles. The largest absolute Gasteiger partial charge is 0.387 e. The third-order valence-electron chi connectivity index (χ3n) is 3.03. The molecule has 0 saturated heterocycles. The molecule has 0 radical (unpaired) electrons. The van der Waals surface area contributed by atoms with Crippen molar-refractivity contribution < 1.29 is 5.11 Å². The van der Waals surface area contributed by atoms with Gasteiger partial charge in [0, 0.05) is 11.0 Å². The van der Waals surface area contributed by atoms with E-state index < -0.39 is 6.10 Å². The molecule has 2 aromatic carbocycles. The molecule has 2 N–H and O–H groups in total. The Morgan fingerprint density at radius 3 is 2.37 bits per heavy atom. The van der Waals surface area contributed by atoms with Crippen LogP contribution in [0.15, 0.2) is 59.1 Å². The van der Waals surface area contributed by atoms with Gasteiger partial charge in [0.1, 0.15) is 0 Å². The molecule has 0 aliphatic rings. The van der Waals surface area contributed by atoms with Crippen LogP contribution in [0.4, 0.5) is 0 Å². The van der Waals surface area contributed by atoms with Gasteiger partial charge in [0.05, 0.1) is 6.10 Å². The predicted octanol–water partition coefficient (Wildman–Crippen LogP) is 3.31. The molecule has 0 amide bonds. The fourth-order valence-corrected chi connectivity index (χ4v) is 2.18. The van der Waals surface area contributed by atoms with Crippen LogP contribution in [0.5, 0.6) is 0 Å². The molecule has 0 bridgehead atoms. The Balaban J connectivity index is 1.71. The molecule has 0 aromatic heterocycles. The van der Waals surface area contributed by atoms with Gasteiger partial charge in [-0.05, 0) is 36.2 Å². The normalized spacial score (nSPS) is 12.3. The smallest absolute Gasteiger partial charge is 0.0914 e. The molecule has 2 aromatic rings. The van der Waals surface area contributed by atoms with E-state index in [0.29, 0.717) is 6.54 Å². The summed E-state index contributed by atoms with van der Waals surface area (Å²) in [6, 6.07) is 18.1. The van der Waals surface area contributed by atoms with Crippen molar-refractivity contribution in [2.45, 2.75) is 12.5 Å². The van der Waals surface area contributed by atoms with E-state index in [0.717, 1.165) is 23.0 Å². The van der Waals surface area contributed by atoms with Crippen molar-refractivity contribution in [3.8, 4) is 0 Å². The Morgan fingerprint density at radius 2 is 1.68 bits per heavy atom. The summed E-state index contributed by atoms with van der Waals surface area (Å²) in [6.07, 6.45) is 0.528. The van der Waals surface area contributed by atoms with Crippen LogP contribution in [0.3, 0.4) is 0 Å². The fourth-order valence-electron chi connectivity index (χ4n) is 1.92. The van der Waals surface area contributed by atoms with Gasteiger partial charge in [-0.2, -0.15) is 0 Å². The predicted molar refractivity (Wildman–Crippen MR) is 82.1 cm³/mol. The van der Waals surface area contributed by atoms with Gasteiger partial charge in [0.25, 0.3) is 0 Å². The maximum Gasteiger partial charge on any atom is 0.0914 e. The number of benzene rings is 2. The van der Waals surface area contributed by atoms with Crippen molar-refractivity contribution in [1.82, 2.24) is 5.32 Å². The first-order valence-electron chi connectivity index (χ1n) is 6.44. The number of aliphatic hydroxyl groups excluding tert-OH is 1. The Morgan fingerprint density at radius 1 is 1.00 bits per heavy atom. The van der Waals surface area contributed by atoms with E-state index in [2.05, 4.69) is 33.4 Å². The zero-order valence-electron chi connectivity index (χ0n) is 10.7. The lowest BCUT2D eigenvalue weighted by atomic mass is 10.1. The summed E-state index contributed by atoms with van der Waals surface area (Å²) in [5, 5.41) is 13.3. The van der Waals surface area contributed by atoms with Crippen LogP contribution in [-0.4, -0.2) is 18.2 Å². The molecule has 1 atom stereocenters. The minimum atomic E-state index is -0.439. The molecule has 100 valence electrons. The summed E-state index contributed by atoms with van der Waals surface area (Å²) in [5.74, 6) is 0. The van der Waals surface area contributed by atoms with Gasteiger partial charge in [-0.1, -0.05) is 58.4 Å². The molecule has 19 heavy (non-hydrogen) atoms. The van der Waals surface area contributed by atoms with Crippen molar-refractivity contribution in [1.29, 1.82) is 0 Å². The average molecular weight is 320 g/mol. The van der Waals surface area contributed by atoms with E-state index in [1.54, 1.807) is 0 Å². The molecule has 2 nitrogen and oxygen atoms in total. The van der Waals surface area contributed by atoms with Crippen LogP contribution < -0.4 is 5.32 Å². The van der Waals surface area contributed by atoms with Gasteiger partial charge < -0.3 is 10.4 Å². The number of hydrogen-bond acceptors (Lipinski definition) is 2. The van der Waals surface area contributed by atoms with Gasteiger partial charge in [-0.25, -0.2) is 0 Å². The Bertz CT molecular complexity index is 484. The zero-order chi connectivity index (χ0) is 13.5. The van der Waals surface area contributed by atoms with E-state index in [-0.39, 0.29) is 0 Å². The molecule has 0 aliphatic carbocycles. The minimum Gasteiger partial charge on any atom is -0.387 e. The number of aliphatic hydroxyl groups is 1. The highest BCUT2D eigenvalue weighted by atomic mass is 79.9. The lowest BCUT2D eigenvalue weighted by Gasteiger charge is -2.12. The van der Waals surface area contributed by atoms with E-state index in [1.807, 2.05) is 42.5 Å². The van der Waals surface area contributed by atoms with Gasteiger partial charge in [0.2, 0.25) is 0 Å². The molecule has 0 spiro atoms. The quantitative estimate of drug-likeness (QED) is 0.801. The van der Waals surface area contributed by atoms with E-state index in [1.165, 1.54) is 5.56 Å². The molecule has 2 rings (SSSR count). The average Bonchev–Trinajstić information content (AvgIpc) is 2.46. The van der Waals surface area contributed by atoms with Crippen LogP contribution >= 0.6 is 15.9 Å². The number of halogens is 1. The summed E-state index contributed by atoms with van der Waals surface area (Å²) < 4.78 is 1.10. The van der Waals surface area contributed by atoms with E-state index in [9.17, 15) is 5.11 Å². The Labute approximate surface area is 122 Å². The summed E-state index contributed by atoms with van der Waals surface area (Å²) in [7, 11) is 0. The maximum atomic E-state index is 9.99. The second kappa shape index (κ2) is 7.43. The van der Waals surface area contributed by atoms with Crippen molar-refractivity contribution in [3.05, 3.63) is 70.2 Å². The molecular weight excluding hydrogens is 302 g/mol. The number of nitrogens with one attached hydrogen (secondary N) is 1. The summed E-state index contributed by atoms with van der Waals surface area (Å²) in [6.45, 7) is 1.45. The van der Waals surface area contributed by atoms with Crippen LogP contribution in [0.2, 0.25) is 0 Å². The van der Waals surface area contributed by atoms with Crippen LogP contribution in [-0.2, 0) is 6.42 Å². The van der Waals surface area contributed by atoms with Crippen LogP contribution in [0, 0.1) is 0 Å². The van der Waals surface area contributed by atoms with E-state index in [4.69, 9.17) is 0 Å². The summed E-state index contributed by atoms with van der Waals surface area (Å²) in [5.41, 5.74) is 2.25. The maximum absolute atomic E-state index is 9.99. The van der Waals surface area contributed by atoms with Gasteiger partial charge in [0.15, 0.2) is 0 Å². The molecule has 1 unspecified atom stereocenters. The monoisotopic (exact) mass is 319 g/mol. The van der Waals surface area contributed by atoms with Gasteiger partial charge in [-0.15, -0.1) is 0 Å². The second-order valence-electron chi connectivity index (χ2n) is 4.51. The van der Waals surface area contributed by atoms with E-state index >= 15 is 0 Å². The van der Waals surface area contributed by atoms with Crippen molar-refractivity contribution in [2.24, 2.45) is 0 Å². The lowest BCUT2D eigenvalue weighted by Crippen LogP contribution is -2.23. The summed E-state index contributed by atoms with van der Waals surface area (Å²) >= 11 is 3.42. The number of hydrogen-bond donors (Lipinski definition) is 2. The van der Waals surface area contributed by atoms with Crippen molar-refractivity contribution in [2.75, 3.05) is 13.1 Å².